The number of fused-ring (bicyclic) bond motifs is 5. The molecule has 6 heteroatoms. The van der Waals surface area contributed by atoms with Gasteiger partial charge in [-0.25, -0.2) is 0 Å². The number of nitrogens with one attached hydrogen (secondary N) is 1. The number of thioether (sulfide) groups is 1. The second kappa shape index (κ2) is 4.23. The van der Waals surface area contributed by atoms with Crippen LogP contribution in [0.3, 0.4) is 0 Å². The molecule has 2 aliphatic rings. The van der Waals surface area contributed by atoms with E-state index < -0.39 is 0 Å². The van der Waals surface area contributed by atoms with Crippen LogP contribution in [-0.2, 0) is 4.79 Å². The molecule has 0 unspecified atom stereocenters. The Balaban J connectivity index is 1.99. The number of aromatic nitrogens is 1. The highest BCUT2D eigenvalue weighted by molar-refractivity contribution is 8.00. The fourth-order valence-electron chi connectivity index (χ4n) is 2.98. The van der Waals surface area contributed by atoms with Crippen molar-refractivity contribution in [3.8, 4) is 5.75 Å². The summed E-state index contributed by atoms with van der Waals surface area (Å²) in [6.45, 7) is 2.01. The second-order valence-corrected chi connectivity index (χ2v) is 7.40. The van der Waals surface area contributed by atoms with Crippen LogP contribution in [0, 0.1) is 5.92 Å². The Kier molecular flexibility index (Phi) is 2.59. The van der Waals surface area contributed by atoms with E-state index in [0.717, 1.165) is 15.5 Å². The molecule has 1 aromatic heterocycles. The van der Waals surface area contributed by atoms with Crippen LogP contribution < -0.4 is 9.61 Å². The van der Waals surface area contributed by atoms with Crippen LogP contribution in [0.25, 0.3) is 0 Å². The first-order valence-electron chi connectivity index (χ1n) is 6.35. The largest absolute Gasteiger partial charge is 0.426 e. The SMILES string of the molecule is C[C@@H]1Sc2[nH]c(=O)sc2[C@@H]2c3ccccc3OC(=O)[C@H]21. The molecule has 4 nitrogen and oxygen atoms in total. The van der Waals surface area contributed by atoms with Gasteiger partial charge < -0.3 is 9.72 Å². The maximum Gasteiger partial charge on any atom is 0.316 e. The highest BCUT2D eigenvalue weighted by Crippen LogP contribution is 2.53. The minimum absolute atomic E-state index is 0.0632. The van der Waals surface area contributed by atoms with Crippen molar-refractivity contribution in [3.63, 3.8) is 0 Å². The van der Waals surface area contributed by atoms with Gasteiger partial charge in [-0.1, -0.05) is 36.5 Å². The van der Waals surface area contributed by atoms with Crippen molar-refractivity contribution >= 4 is 29.1 Å². The quantitative estimate of drug-likeness (QED) is 0.600. The lowest BCUT2D eigenvalue weighted by molar-refractivity contribution is -0.140. The van der Waals surface area contributed by atoms with E-state index in [1.54, 1.807) is 11.8 Å². The summed E-state index contributed by atoms with van der Waals surface area (Å²) in [5, 5.41) is 0.983. The molecule has 4 rings (SSSR count). The Morgan fingerprint density at radius 3 is 2.90 bits per heavy atom. The van der Waals surface area contributed by atoms with Crippen molar-refractivity contribution in [1.29, 1.82) is 0 Å². The summed E-state index contributed by atoms with van der Waals surface area (Å²) in [6, 6.07) is 7.59. The van der Waals surface area contributed by atoms with Gasteiger partial charge >= 0.3 is 10.8 Å². The van der Waals surface area contributed by atoms with Gasteiger partial charge in [0.1, 0.15) is 5.75 Å². The van der Waals surface area contributed by atoms with E-state index in [0.29, 0.717) is 5.75 Å². The molecule has 102 valence electrons. The third-order valence-corrected chi connectivity index (χ3v) is 6.15. The molecule has 2 aliphatic heterocycles. The number of benzene rings is 1. The molecule has 0 aliphatic carbocycles. The number of hydrogen-bond acceptors (Lipinski definition) is 5. The van der Waals surface area contributed by atoms with Gasteiger partial charge in [0.05, 0.1) is 10.9 Å². The molecule has 3 heterocycles. The predicted molar refractivity (Wildman–Crippen MR) is 77.7 cm³/mol. The van der Waals surface area contributed by atoms with Crippen LogP contribution in [0.5, 0.6) is 5.75 Å². The molecule has 0 fully saturated rings. The molecule has 0 saturated carbocycles. The van der Waals surface area contributed by atoms with E-state index in [9.17, 15) is 9.59 Å². The number of rotatable bonds is 0. The van der Waals surface area contributed by atoms with Gasteiger partial charge in [0.2, 0.25) is 0 Å². The van der Waals surface area contributed by atoms with Gasteiger partial charge in [-0.3, -0.25) is 9.59 Å². The van der Waals surface area contributed by atoms with Gasteiger partial charge in [0.15, 0.2) is 0 Å². The Morgan fingerprint density at radius 1 is 1.25 bits per heavy atom. The summed E-state index contributed by atoms with van der Waals surface area (Å²) in [7, 11) is 0. The lowest BCUT2D eigenvalue weighted by Gasteiger charge is -2.37. The first kappa shape index (κ1) is 12.2. The summed E-state index contributed by atoms with van der Waals surface area (Å²) < 4.78 is 5.46. The number of carbonyl (C=O) groups excluding carboxylic acids is 1. The van der Waals surface area contributed by atoms with E-state index in [1.165, 1.54) is 11.3 Å². The summed E-state index contributed by atoms with van der Waals surface area (Å²) in [6.07, 6.45) is 0. The first-order valence-corrected chi connectivity index (χ1v) is 8.05. The molecule has 0 radical (unpaired) electrons. The summed E-state index contributed by atoms with van der Waals surface area (Å²) >= 11 is 2.75. The summed E-state index contributed by atoms with van der Waals surface area (Å²) in [5.41, 5.74) is 1.00. The molecule has 0 saturated heterocycles. The molecule has 1 aromatic carbocycles. The fraction of sp³-hybridized carbons (Fsp3) is 0.286. The normalized spacial score (nSPS) is 27.2. The summed E-state index contributed by atoms with van der Waals surface area (Å²) in [5.74, 6) is 0.126. The predicted octanol–water partition coefficient (Wildman–Crippen LogP) is 2.60. The van der Waals surface area contributed by atoms with E-state index in [-0.39, 0.29) is 27.9 Å². The van der Waals surface area contributed by atoms with Crippen molar-refractivity contribution in [2.45, 2.75) is 23.1 Å². The monoisotopic (exact) mass is 305 g/mol. The third kappa shape index (κ3) is 1.61. The standard InChI is InChI=1S/C14H11NO3S2/c1-6-9-10(11-12(19-6)15-14(17)20-11)7-4-2-3-5-8(7)18-13(9)16/h2-6,9-10H,1H3,(H,15,17)/t6-,9-,10+/m0/s1. The molecular formula is C14H11NO3S2. The van der Waals surface area contributed by atoms with Gasteiger partial charge in [0, 0.05) is 21.6 Å². The zero-order valence-electron chi connectivity index (χ0n) is 10.6. The third-order valence-electron chi connectivity index (χ3n) is 3.83. The fourth-order valence-corrected chi connectivity index (χ4v) is 5.39. The van der Waals surface area contributed by atoms with E-state index in [4.69, 9.17) is 4.74 Å². The maximum absolute atomic E-state index is 12.3. The number of H-pyrrole nitrogens is 1. The topological polar surface area (TPSA) is 59.2 Å². The lowest BCUT2D eigenvalue weighted by Crippen LogP contribution is -2.39. The molecule has 1 N–H and O–H groups in total. The first-order chi connectivity index (χ1) is 9.65. The van der Waals surface area contributed by atoms with Crippen molar-refractivity contribution in [3.05, 3.63) is 44.4 Å². The maximum atomic E-state index is 12.3. The Bertz CT molecular complexity index is 764. The van der Waals surface area contributed by atoms with Gasteiger partial charge in [0.25, 0.3) is 0 Å². The van der Waals surface area contributed by atoms with Crippen LogP contribution in [0.15, 0.2) is 34.1 Å². The molecule has 0 bridgehead atoms. The van der Waals surface area contributed by atoms with Crippen molar-refractivity contribution in [1.82, 2.24) is 4.98 Å². The van der Waals surface area contributed by atoms with E-state index in [2.05, 4.69) is 4.98 Å². The van der Waals surface area contributed by atoms with Crippen LogP contribution in [-0.4, -0.2) is 16.2 Å². The number of thiazole rings is 1. The Morgan fingerprint density at radius 2 is 2.05 bits per heavy atom. The minimum atomic E-state index is -0.228. The number of hydrogen-bond donors (Lipinski definition) is 1. The van der Waals surface area contributed by atoms with Crippen LogP contribution >= 0.6 is 23.1 Å². The highest BCUT2D eigenvalue weighted by Gasteiger charge is 2.47. The molecule has 0 amide bonds. The number of aromatic amines is 1. The smallest absolute Gasteiger partial charge is 0.316 e. The van der Waals surface area contributed by atoms with Crippen molar-refractivity contribution < 1.29 is 9.53 Å². The van der Waals surface area contributed by atoms with Crippen LogP contribution in [0.1, 0.15) is 23.3 Å². The molecule has 0 spiro atoms. The number of carbonyl (C=O) groups is 1. The zero-order chi connectivity index (χ0) is 13.9. The van der Waals surface area contributed by atoms with E-state index >= 15 is 0 Å². The Hall–Kier alpha value is -1.53. The lowest BCUT2D eigenvalue weighted by atomic mass is 9.80. The molecule has 20 heavy (non-hydrogen) atoms. The number of ether oxygens (including phenoxy) is 1. The number of esters is 1. The van der Waals surface area contributed by atoms with Gasteiger partial charge in [-0.15, -0.1) is 11.8 Å². The average molecular weight is 305 g/mol. The zero-order valence-corrected chi connectivity index (χ0v) is 12.2. The van der Waals surface area contributed by atoms with Crippen LogP contribution in [0.4, 0.5) is 0 Å². The highest BCUT2D eigenvalue weighted by atomic mass is 32.2. The van der Waals surface area contributed by atoms with Crippen LogP contribution in [0.2, 0.25) is 0 Å². The van der Waals surface area contributed by atoms with E-state index in [1.807, 2.05) is 31.2 Å². The molecular weight excluding hydrogens is 294 g/mol. The summed E-state index contributed by atoms with van der Waals surface area (Å²) in [4.78, 5) is 27.7. The van der Waals surface area contributed by atoms with Gasteiger partial charge in [-0.2, -0.15) is 0 Å². The number of para-hydroxylation sites is 1. The molecule has 2 aromatic rings. The minimum Gasteiger partial charge on any atom is -0.426 e. The second-order valence-electron chi connectivity index (χ2n) is 4.99. The van der Waals surface area contributed by atoms with Gasteiger partial charge in [-0.05, 0) is 6.07 Å². The average Bonchev–Trinajstić information content (AvgIpc) is 2.78. The van der Waals surface area contributed by atoms with Crippen molar-refractivity contribution in [2.75, 3.05) is 0 Å². The molecule has 3 atom stereocenters. The van der Waals surface area contributed by atoms with Crippen molar-refractivity contribution in [2.24, 2.45) is 5.92 Å². The Labute approximate surface area is 123 Å².